The van der Waals surface area contributed by atoms with Crippen molar-refractivity contribution < 1.29 is 18.0 Å². The van der Waals surface area contributed by atoms with Crippen molar-refractivity contribution in [3.63, 3.8) is 0 Å². The highest BCUT2D eigenvalue weighted by Gasteiger charge is 2.33. The number of thiazole rings is 1. The number of hydrogen-bond acceptors (Lipinski definition) is 4. The first-order valence-corrected chi connectivity index (χ1v) is 9.12. The maximum atomic E-state index is 12.8. The summed E-state index contributed by atoms with van der Waals surface area (Å²) in [6.07, 6.45) is -4.54. The highest BCUT2D eigenvalue weighted by molar-refractivity contribution is 7.10. The van der Waals surface area contributed by atoms with Crippen LogP contribution in [0.15, 0.2) is 22.9 Å². The quantitative estimate of drug-likeness (QED) is 0.762. The number of hydrogen-bond donors (Lipinski definition) is 0. The van der Waals surface area contributed by atoms with Crippen LogP contribution in [0.3, 0.4) is 0 Å². The summed E-state index contributed by atoms with van der Waals surface area (Å²) in [4.78, 5) is 18.3. The molecule has 3 nitrogen and oxygen atoms in total. The average Bonchev–Trinajstić information content (AvgIpc) is 3.06. The summed E-state index contributed by atoms with van der Waals surface area (Å²) in [5, 5.41) is 4.39. The van der Waals surface area contributed by atoms with Gasteiger partial charge in [-0.15, -0.1) is 22.7 Å². The number of carbonyl (C=O) groups is 1. The Balaban J connectivity index is 2.10. The molecule has 0 saturated carbocycles. The molecule has 1 amide bonds. The molecule has 0 aromatic carbocycles. The number of thiophene rings is 1. The van der Waals surface area contributed by atoms with Crippen LogP contribution in [0.4, 0.5) is 13.2 Å². The van der Waals surface area contributed by atoms with E-state index < -0.39 is 18.6 Å². The van der Waals surface area contributed by atoms with E-state index in [1.165, 1.54) is 22.7 Å². The zero-order valence-corrected chi connectivity index (χ0v) is 15.3. The highest BCUT2D eigenvalue weighted by Crippen LogP contribution is 2.26. The SMILES string of the molecule is CC(C)(C)c1nc(CC(=O)N(Cc2cccs2)CC(F)(F)F)cs1. The van der Waals surface area contributed by atoms with Gasteiger partial charge in [-0.1, -0.05) is 26.8 Å². The number of rotatable bonds is 5. The van der Waals surface area contributed by atoms with Gasteiger partial charge in [-0.25, -0.2) is 4.98 Å². The average molecular weight is 376 g/mol. The van der Waals surface area contributed by atoms with Gasteiger partial charge in [0, 0.05) is 15.7 Å². The molecule has 0 aliphatic carbocycles. The zero-order chi connectivity index (χ0) is 18.0. The molecular weight excluding hydrogens is 357 g/mol. The van der Waals surface area contributed by atoms with Crippen LogP contribution in [0.25, 0.3) is 0 Å². The maximum Gasteiger partial charge on any atom is 0.406 e. The van der Waals surface area contributed by atoms with Crippen molar-refractivity contribution in [2.45, 2.75) is 45.3 Å². The number of alkyl halides is 3. The Morgan fingerprint density at radius 1 is 1.25 bits per heavy atom. The van der Waals surface area contributed by atoms with E-state index in [-0.39, 0.29) is 18.4 Å². The fraction of sp³-hybridized carbons (Fsp3) is 0.500. The van der Waals surface area contributed by atoms with Gasteiger partial charge in [0.2, 0.25) is 5.91 Å². The molecule has 2 aromatic heterocycles. The van der Waals surface area contributed by atoms with E-state index in [0.29, 0.717) is 5.69 Å². The third-order valence-corrected chi connectivity index (χ3v) is 5.35. The highest BCUT2D eigenvalue weighted by atomic mass is 32.1. The van der Waals surface area contributed by atoms with Gasteiger partial charge < -0.3 is 4.90 Å². The number of aromatic nitrogens is 1. The summed E-state index contributed by atoms with van der Waals surface area (Å²) in [7, 11) is 0. The van der Waals surface area contributed by atoms with Gasteiger partial charge in [0.25, 0.3) is 0 Å². The Morgan fingerprint density at radius 2 is 1.96 bits per heavy atom. The van der Waals surface area contributed by atoms with Gasteiger partial charge in [-0.3, -0.25) is 4.79 Å². The van der Waals surface area contributed by atoms with E-state index in [0.717, 1.165) is 14.8 Å². The smallest absolute Gasteiger partial charge is 0.328 e. The Morgan fingerprint density at radius 3 is 2.46 bits per heavy atom. The lowest BCUT2D eigenvalue weighted by Gasteiger charge is -2.23. The van der Waals surface area contributed by atoms with Crippen LogP contribution in [0, 0.1) is 0 Å². The topological polar surface area (TPSA) is 33.2 Å². The molecule has 0 atom stereocenters. The van der Waals surface area contributed by atoms with Crippen molar-refractivity contribution in [2.75, 3.05) is 6.54 Å². The predicted octanol–water partition coefficient (Wildman–Crippen LogP) is 4.64. The molecule has 0 spiro atoms. The van der Waals surface area contributed by atoms with E-state index in [1.807, 2.05) is 20.8 Å². The van der Waals surface area contributed by atoms with Crippen LogP contribution >= 0.6 is 22.7 Å². The van der Waals surface area contributed by atoms with E-state index in [2.05, 4.69) is 4.98 Å². The second-order valence-electron chi connectivity index (χ2n) is 6.52. The molecule has 0 bridgehead atoms. The lowest BCUT2D eigenvalue weighted by molar-refractivity contribution is -0.161. The van der Waals surface area contributed by atoms with Crippen molar-refractivity contribution >= 4 is 28.6 Å². The minimum absolute atomic E-state index is 0.0354. The Bertz CT molecular complexity index is 672. The molecule has 0 fully saturated rings. The number of halogens is 3. The molecule has 0 unspecified atom stereocenters. The molecule has 2 heterocycles. The Hall–Kier alpha value is -1.41. The molecule has 0 N–H and O–H groups in total. The van der Waals surface area contributed by atoms with Crippen LogP contribution in [0.2, 0.25) is 0 Å². The van der Waals surface area contributed by atoms with Gasteiger partial charge in [-0.05, 0) is 11.4 Å². The molecule has 2 aromatic rings. The standard InChI is InChI=1S/C16H19F3N2OS2/c1-15(2,3)14-20-11(9-24-14)7-13(22)21(10-16(17,18)19)8-12-5-4-6-23-12/h4-6,9H,7-8,10H2,1-3H3. The lowest BCUT2D eigenvalue weighted by Crippen LogP contribution is -2.39. The van der Waals surface area contributed by atoms with Gasteiger partial charge in [0.1, 0.15) is 6.54 Å². The number of nitrogens with zero attached hydrogens (tertiary/aromatic N) is 2. The van der Waals surface area contributed by atoms with Crippen molar-refractivity contribution in [3.05, 3.63) is 38.5 Å². The summed E-state index contributed by atoms with van der Waals surface area (Å²) in [5.41, 5.74) is 0.377. The van der Waals surface area contributed by atoms with E-state index in [1.54, 1.807) is 22.9 Å². The fourth-order valence-corrected chi connectivity index (χ4v) is 3.67. The minimum atomic E-state index is -4.43. The first-order chi connectivity index (χ1) is 11.0. The molecule has 0 saturated heterocycles. The van der Waals surface area contributed by atoms with E-state index >= 15 is 0 Å². The molecule has 8 heteroatoms. The monoisotopic (exact) mass is 376 g/mol. The second kappa shape index (κ2) is 7.23. The van der Waals surface area contributed by atoms with Gasteiger partial charge in [-0.2, -0.15) is 13.2 Å². The lowest BCUT2D eigenvalue weighted by atomic mass is 9.98. The third-order valence-electron chi connectivity index (χ3n) is 3.18. The number of amides is 1. The van der Waals surface area contributed by atoms with Crippen molar-refractivity contribution in [1.29, 1.82) is 0 Å². The summed E-state index contributed by atoms with van der Waals surface area (Å²) >= 11 is 2.76. The first kappa shape index (κ1) is 18.9. The van der Waals surface area contributed by atoms with E-state index in [4.69, 9.17) is 0 Å². The maximum absolute atomic E-state index is 12.8. The van der Waals surface area contributed by atoms with Gasteiger partial charge >= 0.3 is 6.18 Å². The summed E-state index contributed by atoms with van der Waals surface area (Å²) in [6.45, 7) is 4.73. The second-order valence-corrected chi connectivity index (χ2v) is 8.41. The summed E-state index contributed by atoms with van der Waals surface area (Å²) in [6, 6.07) is 3.48. The van der Waals surface area contributed by atoms with Gasteiger partial charge in [0.05, 0.1) is 23.7 Å². The predicted molar refractivity (Wildman–Crippen MR) is 90.3 cm³/mol. The Kier molecular flexibility index (Phi) is 5.70. The first-order valence-electron chi connectivity index (χ1n) is 7.36. The fourth-order valence-electron chi connectivity index (χ4n) is 2.04. The minimum Gasteiger partial charge on any atom is -0.328 e. The Labute approximate surface area is 147 Å². The van der Waals surface area contributed by atoms with Crippen molar-refractivity contribution in [1.82, 2.24) is 9.88 Å². The molecule has 132 valence electrons. The van der Waals surface area contributed by atoms with Crippen LogP contribution in [0.1, 0.15) is 36.3 Å². The molecule has 2 rings (SSSR count). The van der Waals surface area contributed by atoms with Crippen LogP contribution in [0.5, 0.6) is 0 Å². The summed E-state index contributed by atoms with van der Waals surface area (Å²) < 4.78 is 38.4. The third kappa shape index (κ3) is 5.59. The van der Waals surface area contributed by atoms with Crippen LogP contribution < -0.4 is 0 Å². The molecule has 0 aliphatic rings. The molecule has 0 radical (unpaired) electrons. The van der Waals surface area contributed by atoms with E-state index in [9.17, 15) is 18.0 Å². The van der Waals surface area contributed by atoms with Crippen LogP contribution in [-0.4, -0.2) is 28.5 Å². The largest absolute Gasteiger partial charge is 0.406 e. The normalized spacial score (nSPS) is 12.4. The van der Waals surface area contributed by atoms with Crippen molar-refractivity contribution in [3.8, 4) is 0 Å². The molecule has 24 heavy (non-hydrogen) atoms. The van der Waals surface area contributed by atoms with Crippen LogP contribution in [-0.2, 0) is 23.2 Å². The zero-order valence-electron chi connectivity index (χ0n) is 13.7. The summed E-state index contributed by atoms with van der Waals surface area (Å²) in [5.74, 6) is -0.563. The molecular formula is C16H19F3N2OS2. The van der Waals surface area contributed by atoms with Crippen molar-refractivity contribution in [2.24, 2.45) is 0 Å². The van der Waals surface area contributed by atoms with Gasteiger partial charge in [0.15, 0.2) is 0 Å². The molecule has 0 aliphatic heterocycles. The number of carbonyl (C=O) groups excluding carboxylic acids is 1.